The molecular formula is C22H22FNO3. The number of carbonyl (C=O) groups excluding carboxylic acids is 2. The molecule has 0 saturated carbocycles. The average Bonchev–Trinajstić information content (AvgIpc) is 3.15. The number of benzene rings is 2. The lowest BCUT2D eigenvalue weighted by molar-refractivity contribution is 0.0933. The molecule has 4 rings (SSSR count). The molecule has 2 aliphatic heterocycles. The van der Waals surface area contributed by atoms with E-state index in [9.17, 15) is 14.0 Å². The Kier molecular flexibility index (Phi) is 5.03. The fourth-order valence-electron chi connectivity index (χ4n) is 3.94. The van der Waals surface area contributed by atoms with Gasteiger partial charge < -0.3 is 9.64 Å². The number of likely N-dealkylation sites (tertiary alicyclic amines) is 1. The van der Waals surface area contributed by atoms with E-state index >= 15 is 0 Å². The molecule has 4 nitrogen and oxygen atoms in total. The van der Waals surface area contributed by atoms with Crippen LogP contribution in [0.4, 0.5) is 4.39 Å². The SMILES string of the molecule is O=C(CCN1CCC(c2ccccc2F)C1)c1ccc2c(c1)C(=O)CCO2. The van der Waals surface area contributed by atoms with Gasteiger partial charge in [-0.2, -0.15) is 0 Å². The first-order valence-electron chi connectivity index (χ1n) is 9.42. The molecule has 1 unspecified atom stereocenters. The zero-order chi connectivity index (χ0) is 18.8. The summed E-state index contributed by atoms with van der Waals surface area (Å²) in [4.78, 5) is 26.8. The molecule has 1 fully saturated rings. The summed E-state index contributed by atoms with van der Waals surface area (Å²) in [5.41, 5.74) is 1.82. The first-order chi connectivity index (χ1) is 13.1. The van der Waals surface area contributed by atoms with Crippen molar-refractivity contribution >= 4 is 11.6 Å². The second-order valence-electron chi connectivity index (χ2n) is 7.21. The lowest BCUT2D eigenvalue weighted by atomic mass is 9.98. The van der Waals surface area contributed by atoms with Gasteiger partial charge in [-0.1, -0.05) is 18.2 Å². The van der Waals surface area contributed by atoms with Gasteiger partial charge in [0.15, 0.2) is 11.6 Å². The minimum atomic E-state index is -0.152. The summed E-state index contributed by atoms with van der Waals surface area (Å²) in [7, 11) is 0. The number of hydrogen-bond donors (Lipinski definition) is 0. The highest BCUT2D eigenvalue weighted by molar-refractivity contribution is 6.03. The Morgan fingerprint density at radius 2 is 2.07 bits per heavy atom. The molecule has 0 radical (unpaired) electrons. The van der Waals surface area contributed by atoms with Crippen molar-refractivity contribution in [3.63, 3.8) is 0 Å². The first kappa shape index (κ1) is 17.9. The van der Waals surface area contributed by atoms with Gasteiger partial charge in [0.1, 0.15) is 11.6 Å². The molecule has 0 spiro atoms. The Hall–Kier alpha value is -2.53. The highest BCUT2D eigenvalue weighted by atomic mass is 19.1. The molecule has 27 heavy (non-hydrogen) atoms. The van der Waals surface area contributed by atoms with E-state index in [1.807, 2.05) is 12.1 Å². The van der Waals surface area contributed by atoms with Crippen LogP contribution in [-0.4, -0.2) is 42.7 Å². The molecule has 0 N–H and O–H groups in total. The molecule has 0 amide bonds. The molecule has 5 heteroatoms. The molecule has 0 aliphatic carbocycles. The van der Waals surface area contributed by atoms with Crippen LogP contribution in [0.5, 0.6) is 5.75 Å². The average molecular weight is 367 g/mol. The molecule has 0 aromatic heterocycles. The summed E-state index contributed by atoms with van der Waals surface area (Å²) in [6.07, 6.45) is 1.65. The van der Waals surface area contributed by atoms with Crippen molar-refractivity contribution in [2.24, 2.45) is 0 Å². The maximum atomic E-state index is 14.0. The van der Waals surface area contributed by atoms with E-state index < -0.39 is 0 Å². The zero-order valence-corrected chi connectivity index (χ0v) is 15.1. The fraction of sp³-hybridized carbons (Fsp3) is 0.364. The van der Waals surface area contributed by atoms with Crippen molar-refractivity contribution in [2.75, 3.05) is 26.2 Å². The van der Waals surface area contributed by atoms with Crippen LogP contribution in [0.15, 0.2) is 42.5 Å². The van der Waals surface area contributed by atoms with Crippen LogP contribution < -0.4 is 4.74 Å². The minimum absolute atomic E-state index is 0.0190. The van der Waals surface area contributed by atoms with Crippen molar-refractivity contribution in [1.29, 1.82) is 0 Å². The zero-order valence-electron chi connectivity index (χ0n) is 15.1. The van der Waals surface area contributed by atoms with Gasteiger partial charge in [-0.15, -0.1) is 0 Å². The molecule has 2 aromatic rings. The van der Waals surface area contributed by atoms with Crippen molar-refractivity contribution in [2.45, 2.75) is 25.2 Å². The number of carbonyl (C=O) groups is 2. The van der Waals surface area contributed by atoms with Crippen molar-refractivity contribution in [3.8, 4) is 5.75 Å². The number of halogens is 1. The topological polar surface area (TPSA) is 46.6 Å². The predicted octanol–water partition coefficient (Wildman–Crippen LogP) is 3.85. The number of Topliss-reactive ketones (excluding diaryl/α,β-unsaturated/α-hetero) is 2. The van der Waals surface area contributed by atoms with Gasteiger partial charge in [0.25, 0.3) is 0 Å². The molecule has 2 heterocycles. The minimum Gasteiger partial charge on any atom is -0.492 e. The summed E-state index contributed by atoms with van der Waals surface area (Å²) in [6, 6.07) is 12.0. The smallest absolute Gasteiger partial charge is 0.170 e. The van der Waals surface area contributed by atoms with Gasteiger partial charge in [-0.25, -0.2) is 4.39 Å². The quantitative estimate of drug-likeness (QED) is 0.753. The van der Waals surface area contributed by atoms with Gasteiger partial charge in [0.2, 0.25) is 0 Å². The summed E-state index contributed by atoms with van der Waals surface area (Å²) in [5, 5.41) is 0. The van der Waals surface area contributed by atoms with Gasteiger partial charge in [-0.3, -0.25) is 9.59 Å². The van der Waals surface area contributed by atoms with Gasteiger partial charge in [0, 0.05) is 37.4 Å². The van der Waals surface area contributed by atoms with Gasteiger partial charge in [-0.05, 0) is 42.8 Å². The summed E-state index contributed by atoms with van der Waals surface area (Å²) < 4.78 is 19.4. The summed E-state index contributed by atoms with van der Waals surface area (Å²) >= 11 is 0. The standard InChI is InChI=1S/C22H22FNO3/c23-19-4-2-1-3-17(19)16-7-10-24(14-16)11-8-20(25)15-5-6-22-18(13-15)21(26)9-12-27-22/h1-6,13,16H,7-12,14H2. The third kappa shape index (κ3) is 3.78. The Balaban J connectivity index is 1.36. The monoisotopic (exact) mass is 367 g/mol. The van der Waals surface area contributed by atoms with Crippen LogP contribution in [0, 0.1) is 5.82 Å². The first-order valence-corrected chi connectivity index (χ1v) is 9.42. The Morgan fingerprint density at radius 3 is 2.93 bits per heavy atom. The van der Waals surface area contributed by atoms with E-state index in [0.29, 0.717) is 42.9 Å². The van der Waals surface area contributed by atoms with E-state index in [0.717, 1.165) is 25.1 Å². The van der Waals surface area contributed by atoms with E-state index in [1.165, 1.54) is 6.07 Å². The maximum absolute atomic E-state index is 14.0. The number of rotatable bonds is 5. The third-order valence-corrected chi connectivity index (χ3v) is 5.46. The molecule has 1 atom stereocenters. The van der Waals surface area contributed by atoms with Crippen LogP contribution in [0.25, 0.3) is 0 Å². The van der Waals surface area contributed by atoms with Crippen LogP contribution in [0.3, 0.4) is 0 Å². The number of nitrogens with zero attached hydrogens (tertiary/aromatic N) is 1. The normalized spacial score (nSPS) is 19.6. The Labute approximate surface area is 157 Å². The second kappa shape index (κ2) is 7.61. The van der Waals surface area contributed by atoms with Crippen LogP contribution in [0.1, 0.15) is 51.5 Å². The van der Waals surface area contributed by atoms with Crippen LogP contribution >= 0.6 is 0 Å². The van der Waals surface area contributed by atoms with Crippen molar-refractivity contribution < 1.29 is 18.7 Å². The molecule has 140 valence electrons. The van der Waals surface area contributed by atoms with E-state index in [2.05, 4.69) is 4.90 Å². The highest BCUT2D eigenvalue weighted by Crippen LogP contribution is 2.29. The second-order valence-corrected chi connectivity index (χ2v) is 7.21. The van der Waals surface area contributed by atoms with Crippen molar-refractivity contribution in [3.05, 3.63) is 65.0 Å². The predicted molar refractivity (Wildman–Crippen MR) is 100 cm³/mol. The molecule has 0 bridgehead atoms. The number of hydrogen-bond acceptors (Lipinski definition) is 4. The van der Waals surface area contributed by atoms with Gasteiger partial charge >= 0.3 is 0 Å². The number of ether oxygens (including phenoxy) is 1. The molecule has 2 aromatic carbocycles. The number of fused-ring (bicyclic) bond motifs is 1. The van der Waals surface area contributed by atoms with Crippen LogP contribution in [-0.2, 0) is 0 Å². The Morgan fingerprint density at radius 1 is 1.22 bits per heavy atom. The maximum Gasteiger partial charge on any atom is 0.170 e. The van der Waals surface area contributed by atoms with E-state index in [-0.39, 0.29) is 23.3 Å². The molecular weight excluding hydrogens is 345 g/mol. The lowest BCUT2D eigenvalue weighted by Crippen LogP contribution is -2.24. The Bertz CT molecular complexity index is 880. The summed E-state index contributed by atoms with van der Waals surface area (Å²) in [6.45, 7) is 2.68. The largest absolute Gasteiger partial charge is 0.492 e. The fourth-order valence-corrected chi connectivity index (χ4v) is 3.94. The van der Waals surface area contributed by atoms with Crippen molar-refractivity contribution in [1.82, 2.24) is 4.90 Å². The van der Waals surface area contributed by atoms with E-state index in [4.69, 9.17) is 4.74 Å². The van der Waals surface area contributed by atoms with E-state index in [1.54, 1.807) is 24.3 Å². The number of ketones is 2. The highest BCUT2D eigenvalue weighted by Gasteiger charge is 2.26. The summed E-state index contributed by atoms with van der Waals surface area (Å²) in [5.74, 6) is 0.639. The third-order valence-electron chi connectivity index (χ3n) is 5.46. The molecule has 2 aliphatic rings. The molecule has 1 saturated heterocycles. The van der Waals surface area contributed by atoms with Gasteiger partial charge in [0.05, 0.1) is 12.2 Å². The van der Waals surface area contributed by atoms with Crippen LogP contribution in [0.2, 0.25) is 0 Å². The lowest BCUT2D eigenvalue weighted by Gasteiger charge is -2.18.